The van der Waals surface area contributed by atoms with Gasteiger partial charge < -0.3 is 26.0 Å². The highest BCUT2D eigenvalue weighted by atomic mass is 16.5. The summed E-state index contributed by atoms with van der Waals surface area (Å²) in [5, 5.41) is 13.1. The Morgan fingerprint density at radius 3 is 2.40 bits per heavy atom. The van der Waals surface area contributed by atoms with Crippen molar-refractivity contribution in [1.29, 1.82) is 0 Å². The Balaban J connectivity index is 1.31. The first kappa shape index (κ1) is 22.0. The molecule has 2 aromatic heterocycles. The third kappa shape index (κ3) is 4.49. The molecule has 5 rings (SSSR count). The molecule has 0 bridgehead atoms. The Morgan fingerprint density at radius 1 is 1.03 bits per heavy atom. The largest absolute Gasteiger partial charge is 0.481 e. The molecule has 5 N–H and O–H groups in total. The molecule has 176 valence electrons. The van der Waals surface area contributed by atoms with E-state index in [1.807, 2.05) is 24.3 Å². The Labute approximate surface area is 201 Å². The highest BCUT2D eigenvalue weighted by Crippen LogP contribution is 2.30. The minimum absolute atomic E-state index is 0.175. The third-order valence-electron chi connectivity index (χ3n) is 5.76. The second kappa shape index (κ2) is 9.18. The molecule has 0 saturated carbocycles. The lowest BCUT2D eigenvalue weighted by molar-refractivity contribution is 0.100. The van der Waals surface area contributed by atoms with Crippen LogP contribution in [0.5, 0.6) is 5.88 Å². The van der Waals surface area contributed by atoms with Gasteiger partial charge in [0.2, 0.25) is 5.88 Å². The SMILES string of the molecule is COc1cc(Nc2[nH]nc(-c3ccc(NC(=O)N4Cc5ccccc5C4)cc3)c2C(N)=O)ccn1. The van der Waals surface area contributed by atoms with Crippen molar-refractivity contribution in [3.05, 3.63) is 83.6 Å². The second-order valence-corrected chi connectivity index (χ2v) is 8.03. The lowest BCUT2D eigenvalue weighted by Gasteiger charge is -2.16. The molecule has 3 amide bonds. The van der Waals surface area contributed by atoms with Crippen LogP contribution >= 0.6 is 0 Å². The Hall–Kier alpha value is -4.86. The van der Waals surface area contributed by atoms with E-state index in [4.69, 9.17) is 10.5 Å². The summed E-state index contributed by atoms with van der Waals surface area (Å²) in [5.74, 6) is 0.140. The number of primary amides is 1. The first-order chi connectivity index (χ1) is 17.0. The van der Waals surface area contributed by atoms with Crippen LogP contribution in [0.1, 0.15) is 21.5 Å². The van der Waals surface area contributed by atoms with Gasteiger partial charge in [0.1, 0.15) is 17.1 Å². The highest BCUT2D eigenvalue weighted by Gasteiger charge is 2.23. The molecule has 2 aromatic carbocycles. The number of urea groups is 1. The molecule has 0 saturated heterocycles. The maximum atomic E-state index is 12.7. The number of hydrogen-bond acceptors (Lipinski definition) is 6. The van der Waals surface area contributed by atoms with E-state index in [9.17, 15) is 9.59 Å². The summed E-state index contributed by atoms with van der Waals surface area (Å²) in [7, 11) is 1.52. The lowest BCUT2D eigenvalue weighted by atomic mass is 10.1. The average Bonchev–Trinajstić information content (AvgIpc) is 3.49. The second-order valence-electron chi connectivity index (χ2n) is 8.03. The first-order valence-corrected chi connectivity index (χ1v) is 10.9. The molecular weight excluding hydrogens is 446 g/mol. The zero-order valence-electron chi connectivity index (χ0n) is 18.9. The number of aromatic nitrogens is 3. The van der Waals surface area contributed by atoms with Gasteiger partial charge in [-0.15, -0.1) is 0 Å². The maximum Gasteiger partial charge on any atom is 0.322 e. The summed E-state index contributed by atoms with van der Waals surface area (Å²) in [6.45, 7) is 1.16. The smallest absolute Gasteiger partial charge is 0.322 e. The normalized spacial score (nSPS) is 12.2. The van der Waals surface area contributed by atoms with Crippen LogP contribution in [0.15, 0.2) is 66.9 Å². The fourth-order valence-corrected chi connectivity index (χ4v) is 4.02. The minimum atomic E-state index is -0.636. The third-order valence-corrected chi connectivity index (χ3v) is 5.76. The number of nitrogens with zero attached hydrogens (tertiary/aromatic N) is 3. The number of anilines is 3. The molecule has 0 atom stereocenters. The van der Waals surface area contributed by atoms with E-state index in [1.54, 1.807) is 47.5 Å². The Morgan fingerprint density at radius 2 is 1.74 bits per heavy atom. The van der Waals surface area contributed by atoms with Crippen molar-refractivity contribution >= 4 is 29.1 Å². The summed E-state index contributed by atoms with van der Waals surface area (Å²) in [6.07, 6.45) is 1.58. The number of ether oxygens (including phenoxy) is 1. The maximum absolute atomic E-state index is 12.7. The number of amides is 3. The van der Waals surface area contributed by atoms with Gasteiger partial charge in [0.05, 0.1) is 7.11 Å². The number of pyridine rings is 1. The predicted molar refractivity (Wildman–Crippen MR) is 131 cm³/mol. The van der Waals surface area contributed by atoms with Crippen molar-refractivity contribution in [3.8, 4) is 17.1 Å². The van der Waals surface area contributed by atoms with Gasteiger partial charge in [0.15, 0.2) is 0 Å². The number of benzene rings is 2. The standard InChI is InChI=1S/C25H23N7O3/c1-35-20-12-19(10-11-27-20)28-24-21(23(26)33)22(30-31-24)15-6-8-18(9-7-15)29-25(34)32-13-16-4-2-3-5-17(16)14-32/h2-12H,13-14H2,1H3,(H2,26,33)(H,29,34)(H2,27,28,30,31). The van der Waals surface area contributed by atoms with Gasteiger partial charge in [-0.05, 0) is 29.3 Å². The first-order valence-electron chi connectivity index (χ1n) is 10.9. The van der Waals surface area contributed by atoms with Gasteiger partial charge in [0, 0.05) is 42.3 Å². The van der Waals surface area contributed by atoms with Crippen LogP contribution in [0.25, 0.3) is 11.3 Å². The van der Waals surface area contributed by atoms with Crippen molar-refractivity contribution in [3.63, 3.8) is 0 Å². The van der Waals surface area contributed by atoms with Crippen molar-refractivity contribution in [1.82, 2.24) is 20.1 Å². The van der Waals surface area contributed by atoms with Gasteiger partial charge in [-0.25, -0.2) is 9.78 Å². The summed E-state index contributed by atoms with van der Waals surface area (Å²) in [5.41, 5.74) is 10.5. The monoisotopic (exact) mass is 469 g/mol. The Bertz CT molecular complexity index is 1370. The average molecular weight is 470 g/mol. The van der Waals surface area contributed by atoms with Crippen LogP contribution in [0.2, 0.25) is 0 Å². The van der Waals surface area contributed by atoms with Crippen LogP contribution < -0.4 is 21.1 Å². The Kier molecular flexibility index (Phi) is 5.76. The number of fused-ring (bicyclic) bond motifs is 1. The van der Waals surface area contributed by atoms with Gasteiger partial charge in [-0.2, -0.15) is 5.10 Å². The van der Waals surface area contributed by atoms with E-state index in [-0.39, 0.29) is 11.6 Å². The van der Waals surface area contributed by atoms with Crippen molar-refractivity contribution in [2.75, 3.05) is 17.7 Å². The van der Waals surface area contributed by atoms with E-state index in [1.165, 1.54) is 7.11 Å². The summed E-state index contributed by atoms with van der Waals surface area (Å²) in [4.78, 5) is 30.8. The molecule has 0 unspecified atom stereocenters. The predicted octanol–water partition coefficient (Wildman–Crippen LogP) is 3.87. The molecule has 0 spiro atoms. The van der Waals surface area contributed by atoms with Gasteiger partial charge in [0.25, 0.3) is 5.91 Å². The van der Waals surface area contributed by atoms with E-state index in [0.717, 1.165) is 11.1 Å². The summed E-state index contributed by atoms with van der Waals surface area (Å²) >= 11 is 0. The number of carbonyl (C=O) groups is 2. The minimum Gasteiger partial charge on any atom is -0.481 e. The zero-order valence-corrected chi connectivity index (χ0v) is 18.9. The molecule has 3 heterocycles. The number of carbonyl (C=O) groups excluding carboxylic acids is 2. The molecule has 1 aliphatic heterocycles. The van der Waals surface area contributed by atoms with Gasteiger partial charge in [-0.1, -0.05) is 36.4 Å². The molecule has 10 heteroatoms. The van der Waals surface area contributed by atoms with Crippen molar-refractivity contribution < 1.29 is 14.3 Å². The number of nitrogens with one attached hydrogen (secondary N) is 3. The number of H-pyrrole nitrogens is 1. The zero-order chi connectivity index (χ0) is 24.4. The molecule has 0 radical (unpaired) electrons. The fourth-order valence-electron chi connectivity index (χ4n) is 4.02. The number of nitrogens with two attached hydrogens (primary N) is 1. The molecule has 35 heavy (non-hydrogen) atoms. The number of rotatable bonds is 6. The number of methoxy groups -OCH3 is 1. The van der Waals surface area contributed by atoms with Crippen molar-refractivity contribution in [2.24, 2.45) is 5.73 Å². The quantitative estimate of drug-likeness (QED) is 0.338. The molecule has 4 aromatic rings. The van der Waals surface area contributed by atoms with E-state index >= 15 is 0 Å². The number of hydrogen-bond donors (Lipinski definition) is 4. The summed E-state index contributed by atoms with van der Waals surface area (Å²) < 4.78 is 5.13. The topological polar surface area (TPSA) is 138 Å². The molecule has 0 aliphatic carbocycles. The lowest BCUT2D eigenvalue weighted by Crippen LogP contribution is -2.30. The highest BCUT2D eigenvalue weighted by molar-refractivity contribution is 6.04. The van der Waals surface area contributed by atoms with Crippen LogP contribution in [-0.4, -0.2) is 39.1 Å². The van der Waals surface area contributed by atoms with Gasteiger partial charge >= 0.3 is 6.03 Å². The van der Waals surface area contributed by atoms with E-state index in [0.29, 0.717) is 47.4 Å². The molecule has 10 nitrogen and oxygen atoms in total. The van der Waals surface area contributed by atoms with E-state index in [2.05, 4.69) is 25.8 Å². The van der Waals surface area contributed by atoms with Gasteiger partial charge in [-0.3, -0.25) is 9.89 Å². The summed E-state index contributed by atoms with van der Waals surface area (Å²) in [6, 6.07) is 18.3. The van der Waals surface area contributed by atoms with Crippen LogP contribution in [0.4, 0.5) is 22.0 Å². The number of aromatic amines is 1. The molecule has 1 aliphatic rings. The van der Waals surface area contributed by atoms with Crippen LogP contribution in [-0.2, 0) is 13.1 Å². The molecule has 0 fully saturated rings. The van der Waals surface area contributed by atoms with E-state index < -0.39 is 5.91 Å². The van der Waals surface area contributed by atoms with Crippen LogP contribution in [0.3, 0.4) is 0 Å². The van der Waals surface area contributed by atoms with Crippen LogP contribution in [0, 0.1) is 0 Å². The van der Waals surface area contributed by atoms with Crippen molar-refractivity contribution in [2.45, 2.75) is 13.1 Å². The molecular formula is C25H23N7O3. The fraction of sp³-hybridized carbons (Fsp3) is 0.120.